The second-order valence-electron chi connectivity index (χ2n) is 6.33. The molecule has 120 valence electrons. The largest absolute Gasteiger partial charge is 0.367 e. The van der Waals surface area contributed by atoms with Crippen molar-refractivity contribution in [3.05, 3.63) is 11.7 Å². The Morgan fingerprint density at radius 1 is 1.48 bits per heavy atom. The van der Waals surface area contributed by atoms with Crippen LogP contribution in [-0.2, 0) is 10.3 Å². The summed E-state index contributed by atoms with van der Waals surface area (Å²) in [6.07, 6.45) is 7.40. The van der Waals surface area contributed by atoms with Crippen LogP contribution in [0.25, 0.3) is 0 Å². The molecule has 0 aromatic carbocycles. The number of ether oxygens (including phenoxy) is 1. The number of hydrogen-bond donors (Lipinski definition) is 1. The van der Waals surface area contributed by atoms with Gasteiger partial charge in [0.1, 0.15) is 5.60 Å². The first-order chi connectivity index (χ1) is 10.1. The topological polar surface area (TPSA) is 74.2 Å². The smallest absolute Gasteiger partial charge is 0.243 e. The number of nitrogens with zero attached hydrogens (tertiary/aromatic N) is 2. The van der Waals surface area contributed by atoms with Crippen molar-refractivity contribution in [2.75, 3.05) is 6.61 Å². The van der Waals surface area contributed by atoms with E-state index in [1.54, 1.807) is 0 Å². The molecule has 0 bridgehead atoms. The molecule has 1 fully saturated rings. The van der Waals surface area contributed by atoms with E-state index in [4.69, 9.17) is 15.0 Å². The Morgan fingerprint density at radius 2 is 2.29 bits per heavy atom. The van der Waals surface area contributed by atoms with E-state index in [0.717, 1.165) is 38.5 Å². The van der Waals surface area contributed by atoms with E-state index in [1.807, 2.05) is 6.92 Å². The maximum Gasteiger partial charge on any atom is 0.243 e. The summed E-state index contributed by atoms with van der Waals surface area (Å²) < 4.78 is 11.5. The van der Waals surface area contributed by atoms with Crippen molar-refractivity contribution < 1.29 is 9.26 Å². The minimum absolute atomic E-state index is 0.161. The average molecular weight is 295 g/mol. The van der Waals surface area contributed by atoms with Gasteiger partial charge in [-0.1, -0.05) is 38.3 Å². The molecule has 0 spiro atoms. The minimum atomic E-state index is -0.376. The number of unbranched alkanes of at least 4 members (excludes halogenated alkanes) is 1. The van der Waals surface area contributed by atoms with E-state index in [-0.39, 0.29) is 11.6 Å². The van der Waals surface area contributed by atoms with Crippen molar-refractivity contribution in [1.29, 1.82) is 0 Å². The molecule has 3 unspecified atom stereocenters. The van der Waals surface area contributed by atoms with Crippen molar-refractivity contribution in [3.63, 3.8) is 0 Å². The van der Waals surface area contributed by atoms with Crippen molar-refractivity contribution >= 4 is 0 Å². The molecule has 3 atom stereocenters. The van der Waals surface area contributed by atoms with Crippen LogP contribution in [0.15, 0.2) is 4.52 Å². The van der Waals surface area contributed by atoms with Gasteiger partial charge in [0.05, 0.1) is 6.04 Å². The van der Waals surface area contributed by atoms with Crippen molar-refractivity contribution in [1.82, 2.24) is 10.1 Å². The Morgan fingerprint density at radius 3 is 2.95 bits per heavy atom. The van der Waals surface area contributed by atoms with Crippen LogP contribution in [0.2, 0.25) is 0 Å². The fourth-order valence-electron chi connectivity index (χ4n) is 3.30. The van der Waals surface area contributed by atoms with Crippen LogP contribution in [-0.4, -0.2) is 16.7 Å². The molecular weight excluding hydrogens is 266 g/mol. The first-order valence-electron chi connectivity index (χ1n) is 8.35. The third-order valence-corrected chi connectivity index (χ3v) is 4.41. The van der Waals surface area contributed by atoms with Crippen LogP contribution >= 0.6 is 0 Å². The van der Waals surface area contributed by atoms with Gasteiger partial charge in [0.2, 0.25) is 11.7 Å². The summed E-state index contributed by atoms with van der Waals surface area (Å²) in [6.45, 7) is 7.11. The summed E-state index contributed by atoms with van der Waals surface area (Å²) >= 11 is 0. The molecule has 21 heavy (non-hydrogen) atoms. The number of nitrogens with two attached hydrogens (primary N) is 1. The van der Waals surface area contributed by atoms with Crippen LogP contribution in [0.1, 0.15) is 83.5 Å². The molecule has 1 aliphatic carbocycles. The first kappa shape index (κ1) is 16.4. The molecule has 1 aromatic rings. The Hall–Kier alpha value is -0.940. The molecule has 1 saturated carbocycles. The molecular formula is C16H29N3O2. The van der Waals surface area contributed by atoms with Crippen molar-refractivity contribution in [3.8, 4) is 0 Å². The van der Waals surface area contributed by atoms with E-state index >= 15 is 0 Å². The molecule has 0 saturated heterocycles. The predicted molar refractivity (Wildman–Crippen MR) is 81.7 cm³/mol. The van der Waals surface area contributed by atoms with Crippen LogP contribution < -0.4 is 5.73 Å². The SMILES string of the molecule is CCCCC(N)c1nc(C2(OCC)CCCC(C)C2)no1. The Balaban J connectivity index is 2.16. The molecule has 0 amide bonds. The van der Waals surface area contributed by atoms with Crippen LogP contribution in [0.4, 0.5) is 0 Å². The van der Waals surface area contributed by atoms with Gasteiger partial charge in [-0.25, -0.2) is 0 Å². The molecule has 2 N–H and O–H groups in total. The van der Waals surface area contributed by atoms with Crippen LogP contribution in [0.3, 0.4) is 0 Å². The normalized spacial score (nSPS) is 27.7. The van der Waals surface area contributed by atoms with Crippen LogP contribution in [0.5, 0.6) is 0 Å². The zero-order valence-electron chi connectivity index (χ0n) is 13.6. The van der Waals surface area contributed by atoms with Gasteiger partial charge in [0, 0.05) is 6.61 Å². The number of hydrogen-bond acceptors (Lipinski definition) is 5. The number of aromatic nitrogens is 2. The highest BCUT2D eigenvalue weighted by Gasteiger charge is 2.41. The Kier molecular flexibility index (Phi) is 5.76. The molecule has 5 nitrogen and oxygen atoms in total. The average Bonchev–Trinajstić information content (AvgIpc) is 2.95. The zero-order chi connectivity index (χ0) is 15.3. The fraction of sp³-hybridized carbons (Fsp3) is 0.875. The van der Waals surface area contributed by atoms with Gasteiger partial charge < -0.3 is 15.0 Å². The van der Waals surface area contributed by atoms with Crippen molar-refractivity contribution in [2.24, 2.45) is 11.7 Å². The van der Waals surface area contributed by atoms with Gasteiger partial charge in [0.15, 0.2) is 0 Å². The van der Waals surface area contributed by atoms with E-state index in [2.05, 4.69) is 24.0 Å². The molecule has 5 heteroatoms. The third-order valence-electron chi connectivity index (χ3n) is 4.41. The standard InChI is InChI=1S/C16H29N3O2/c1-4-6-9-13(17)14-18-15(19-21-14)16(20-5-2)10-7-8-12(3)11-16/h12-13H,4-11,17H2,1-3H3. The van der Waals surface area contributed by atoms with Crippen molar-refractivity contribution in [2.45, 2.75) is 77.4 Å². The lowest BCUT2D eigenvalue weighted by Crippen LogP contribution is -2.36. The lowest BCUT2D eigenvalue weighted by atomic mass is 9.78. The third kappa shape index (κ3) is 3.83. The monoisotopic (exact) mass is 295 g/mol. The second-order valence-corrected chi connectivity index (χ2v) is 6.33. The van der Waals surface area contributed by atoms with Crippen LogP contribution in [0, 0.1) is 5.92 Å². The van der Waals surface area contributed by atoms with Gasteiger partial charge >= 0.3 is 0 Å². The first-order valence-corrected chi connectivity index (χ1v) is 8.35. The van der Waals surface area contributed by atoms with E-state index < -0.39 is 0 Å². The highest BCUT2D eigenvalue weighted by molar-refractivity contribution is 5.05. The summed E-state index contributed by atoms with van der Waals surface area (Å²) in [5.41, 5.74) is 5.75. The lowest BCUT2D eigenvalue weighted by Gasteiger charge is -2.37. The zero-order valence-corrected chi connectivity index (χ0v) is 13.6. The molecule has 1 heterocycles. The van der Waals surface area contributed by atoms with Gasteiger partial charge in [-0.05, 0) is 38.5 Å². The quantitative estimate of drug-likeness (QED) is 0.830. The molecule has 1 aliphatic rings. The predicted octanol–water partition coefficient (Wildman–Crippen LogP) is 3.70. The fourth-order valence-corrected chi connectivity index (χ4v) is 3.30. The highest BCUT2D eigenvalue weighted by Crippen LogP contribution is 2.41. The van der Waals surface area contributed by atoms with E-state index in [0.29, 0.717) is 24.2 Å². The van der Waals surface area contributed by atoms with E-state index in [1.165, 1.54) is 6.42 Å². The summed E-state index contributed by atoms with van der Waals surface area (Å²) in [7, 11) is 0. The highest BCUT2D eigenvalue weighted by atomic mass is 16.5. The Bertz CT molecular complexity index is 431. The summed E-state index contributed by atoms with van der Waals surface area (Å²) in [5.74, 6) is 1.87. The van der Waals surface area contributed by atoms with Gasteiger partial charge in [-0.15, -0.1) is 0 Å². The molecule has 2 rings (SSSR count). The summed E-state index contributed by atoms with van der Waals surface area (Å²) in [6, 6.07) is -0.161. The van der Waals surface area contributed by atoms with E-state index in [9.17, 15) is 0 Å². The maximum absolute atomic E-state index is 6.13. The molecule has 1 aromatic heterocycles. The summed E-state index contributed by atoms with van der Waals surface area (Å²) in [5, 5.41) is 4.20. The second kappa shape index (κ2) is 7.36. The van der Waals surface area contributed by atoms with Gasteiger partial charge in [-0.2, -0.15) is 4.98 Å². The Labute approximate surface area is 127 Å². The lowest BCUT2D eigenvalue weighted by molar-refractivity contribution is -0.0891. The molecule has 0 radical (unpaired) electrons. The maximum atomic E-state index is 6.13. The summed E-state index contributed by atoms with van der Waals surface area (Å²) in [4.78, 5) is 4.58. The van der Waals surface area contributed by atoms with Gasteiger partial charge in [-0.3, -0.25) is 0 Å². The molecule has 0 aliphatic heterocycles. The minimum Gasteiger partial charge on any atom is -0.367 e. The van der Waals surface area contributed by atoms with Gasteiger partial charge in [0.25, 0.3) is 0 Å². The number of rotatable bonds is 7.